The van der Waals surface area contributed by atoms with Gasteiger partial charge in [0, 0.05) is 11.1 Å². The maximum atomic E-state index is 14.3. The Morgan fingerprint density at radius 2 is 1.71 bits per heavy atom. The van der Waals surface area contributed by atoms with Crippen LogP contribution in [0.5, 0.6) is 11.5 Å². The number of urea groups is 1. The van der Waals surface area contributed by atoms with E-state index in [4.69, 9.17) is 21.1 Å². The minimum absolute atomic E-state index is 0.113. The van der Waals surface area contributed by atoms with Crippen LogP contribution in [-0.4, -0.2) is 30.4 Å². The largest absolute Gasteiger partial charge is 0.490 e. The Kier molecular flexibility index (Phi) is 7.98. The summed E-state index contributed by atoms with van der Waals surface area (Å²) in [5.74, 6) is -3.10. The van der Waals surface area contributed by atoms with Crippen LogP contribution >= 0.6 is 11.6 Å². The molecule has 4 rings (SSSR count). The van der Waals surface area contributed by atoms with Gasteiger partial charge in [0.05, 0.1) is 12.3 Å². The molecule has 0 saturated carbocycles. The summed E-state index contributed by atoms with van der Waals surface area (Å²) in [5.41, 5.74) is 0.395. The van der Waals surface area contributed by atoms with Crippen LogP contribution < -0.4 is 19.7 Å². The van der Waals surface area contributed by atoms with Gasteiger partial charge >= 0.3 is 12.0 Å². The Hall–Kier alpha value is -4.76. The summed E-state index contributed by atoms with van der Waals surface area (Å²) >= 11 is 5.86. The van der Waals surface area contributed by atoms with Crippen molar-refractivity contribution in [2.24, 2.45) is 0 Å². The molecule has 1 aliphatic rings. The zero-order valence-electron chi connectivity index (χ0n) is 19.9. The summed E-state index contributed by atoms with van der Waals surface area (Å²) in [7, 11) is 0. The van der Waals surface area contributed by atoms with Gasteiger partial charge in [-0.25, -0.2) is 18.9 Å². The number of para-hydroxylation sites is 1. The van der Waals surface area contributed by atoms with Gasteiger partial charge in [-0.15, -0.1) is 0 Å². The Bertz CT molecular complexity index is 1480. The molecule has 1 N–H and O–H groups in total. The van der Waals surface area contributed by atoms with E-state index in [0.29, 0.717) is 15.5 Å². The summed E-state index contributed by atoms with van der Waals surface area (Å²) in [6.07, 6.45) is 4.04. The molecular formula is C28H20ClFN2O6. The lowest BCUT2D eigenvalue weighted by molar-refractivity contribution is -0.129. The summed E-state index contributed by atoms with van der Waals surface area (Å²) in [6.45, 7) is 1.97. The van der Waals surface area contributed by atoms with Crippen LogP contribution in [0, 0.1) is 5.82 Å². The van der Waals surface area contributed by atoms with Crippen molar-refractivity contribution in [2.75, 3.05) is 11.5 Å². The number of nitrogens with one attached hydrogen (secondary N) is 1. The molecule has 1 saturated heterocycles. The first kappa shape index (κ1) is 26.3. The van der Waals surface area contributed by atoms with Gasteiger partial charge in [-0.3, -0.25) is 14.9 Å². The number of carbonyl (C=O) groups is 4. The van der Waals surface area contributed by atoms with Crippen molar-refractivity contribution in [1.82, 2.24) is 5.32 Å². The standard InChI is InChI=1S/C28H20ClFN2O6/c1-2-37-24-16-18(9-13-23(24)38-25(33)14-10-17-7-11-19(29)12-8-17)15-20-26(34)31-28(36)32(27(20)35)22-6-4-3-5-21(22)30/h3-16H,2H2,1H3,(H,31,34,36)/b14-10+,20-15+. The van der Waals surface area contributed by atoms with E-state index in [1.807, 2.05) is 5.32 Å². The second kappa shape index (κ2) is 11.5. The molecule has 0 bridgehead atoms. The van der Waals surface area contributed by atoms with E-state index < -0.39 is 35.2 Å². The number of carbonyl (C=O) groups excluding carboxylic acids is 4. The first-order valence-corrected chi connectivity index (χ1v) is 11.7. The highest BCUT2D eigenvalue weighted by molar-refractivity contribution is 6.39. The molecule has 0 aliphatic carbocycles. The van der Waals surface area contributed by atoms with Gasteiger partial charge in [0.15, 0.2) is 11.5 Å². The molecule has 0 radical (unpaired) electrons. The number of hydrogen-bond donors (Lipinski definition) is 1. The summed E-state index contributed by atoms with van der Waals surface area (Å²) in [5, 5.41) is 2.61. The van der Waals surface area contributed by atoms with Crippen molar-refractivity contribution in [3.63, 3.8) is 0 Å². The molecule has 4 amide bonds. The summed E-state index contributed by atoms with van der Waals surface area (Å²) in [6, 6.07) is 15.4. The molecule has 0 unspecified atom stereocenters. The summed E-state index contributed by atoms with van der Waals surface area (Å²) in [4.78, 5) is 50.7. The van der Waals surface area contributed by atoms with Crippen molar-refractivity contribution in [3.05, 3.63) is 100 Å². The van der Waals surface area contributed by atoms with E-state index >= 15 is 0 Å². The van der Waals surface area contributed by atoms with Crippen molar-refractivity contribution in [2.45, 2.75) is 6.92 Å². The minimum Gasteiger partial charge on any atom is -0.490 e. The van der Waals surface area contributed by atoms with Crippen LogP contribution in [0.1, 0.15) is 18.1 Å². The zero-order chi connectivity index (χ0) is 27.2. The Labute approximate surface area is 221 Å². The second-order valence-corrected chi connectivity index (χ2v) is 8.29. The molecule has 10 heteroatoms. The van der Waals surface area contributed by atoms with Gasteiger partial charge in [0.2, 0.25) is 0 Å². The van der Waals surface area contributed by atoms with Crippen LogP contribution in [0.15, 0.2) is 78.4 Å². The maximum Gasteiger partial charge on any atom is 0.336 e. The molecule has 1 aliphatic heterocycles. The molecule has 1 fully saturated rings. The lowest BCUT2D eigenvalue weighted by Crippen LogP contribution is -2.54. The number of nitrogens with zero attached hydrogens (tertiary/aromatic N) is 1. The molecule has 0 spiro atoms. The average Bonchev–Trinajstić information content (AvgIpc) is 2.89. The molecular weight excluding hydrogens is 515 g/mol. The number of ether oxygens (including phenoxy) is 2. The van der Waals surface area contributed by atoms with Gasteiger partial charge in [-0.1, -0.05) is 41.9 Å². The third-order valence-corrected chi connectivity index (χ3v) is 5.52. The topological polar surface area (TPSA) is 102 Å². The molecule has 3 aromatic carbocycles. The number of imide groups is 2. The Morgan fingerprint density at radius 3 is 2.42 bits per heavy atom. The zero-order valence-corrected chi connectivity index (χ0v) is 20.7. The van der Waals surface area contributed by atoms with Gasteiger partial charge in [-0.2, -0.15) is 0 Å². The number of halogens is 2. The fourth-order valence-corrected chi connectivity index (χ4v) is 3.65. The monoisotopic (exact) mass is 534 g/mol. The minimum atomic E-state index is -1.06. The average molecular weight is 535 g/mol. The predicted molar refractivity (Wildman–Crippen MR) is 139 cm³/mol. The van der Waals surface area contributed by atoms with Crippen LogP contribution in [-0.2, 0) is 14.4 Å². The van der Waals surface area contributed by atoms with Crippen molar-refractivity contribution in [3.8, 4) is 11.5 Å². The van der Waals surface area contributed by atoms with E-state index in [1.165, 1.54) is 48.6 Å². The quantitative estimate of drug-likeness (QED) is 0.194. The highest BCUT2D eigenvalue weighted by atomic mass is 35.5. The number of rotatable bonds is 7. The van der Waals surface area contributed by atoms with Crippen LogP contribution in [0.4, 0.5) is 14.9 Å². The smallest absolute Gasteiger partial charge is 0.336 e. The van der Waals surface area contributed by atoms with Crippen molar-refractivity contribution in [1.29, 1.82) is 0 Å². The Balaban J connectivity index is 1.58. The highest BCUT2D eigenvalue weighted by Gasteiger charge is 2.38. The first-order chi connectivity index (χ1) is 18.3. The van der Waals surface area contributed by atoms with E-state index in [2.05, 4.69) is 0 Å². The maximum absolute atomic E-state index is 14.3. The number of anilines is 1. The number of barbiturate groups is 1. The van der Waals surface area contributed by atoms with Gasteiger partial charge in [-0.05, 0) is 66.6 Å². The molecule has 1 heterocycles. The molecule has 38 heavy (non-hydrogen) atoms. The van der Waals surface area contributed by atoms with Crippen molar-refractivity contribution < 1.29 is 33.0 Å². The first-order valence-electron chi connectivity index (χ1n) is 11.3. The van der Waals surface area contributed by atoms with E-state index in [-0.39, 0.29) is 23.8 Å². The lowest BCUT2D eigenvalue weighted by atomic mass is 10.1. The van der Waals surface area contributed by atoms with E-state index in [9.17, 15) is 23.6 Å². The van der Waals surface area contributed by atoms with Gasteiger partial charge in [0.25, 0.3) is 11.8 Å². The fourth-order valence-electron chi connectivity index (χ4n) is 3.52. The SMILES string of the molecule is CCOc1cc(/C=C2\C(=O)NC(=O)N(c3ccccc3F)C2=O)ccc1OC(=O)/C=C/c1ccc(Cl)cc1. The Morgan fingerprint density at radius 1 is 1.00 bits per heavy atom. The predicted octanol–water partition coefficient (Wildman–Crippen LogP) is 5.16. The summed E-state index contributed by atoms with van der Waals surface area (Å²) < 4.78 is 25.2. The van der Waals surface area contributed by atoms with Crippen molar-refractivity contribution >= 4 is 53.3 Å². The second-order valence-electron chi connectivity index (χ2n) is 7.85. The lowest BCUT2D eigenvalue weighted by Gasteiger charge is -2.26. The van der Waals surface area contributed by atoms with Crippen LogP contribution in [0.3, 0.4) is 0 Å². The number of hydrogen-bond acceptors (Lipinski definition) is 6. The molecule has 192 valence electrons. The third kappa shape index (κ3) is 5.96. The van der Waals surface area contributed by atoms with E-state index in [1.54, 1.807) is 37.3 Å². The molecule has 8 nitrogen and oxygen atoms in total. The molecule has 0 aromatic heterocycles. The highest BCUT2D eigenvalue weighted by Crippen LogP contribution is 2.31. The van der Waals surface area contributed by atoms with Crippen LogP contribution in [0.2, 0.25) is 5.02 Å². The number of amides is 4. The molecule has 0 atom stereocenters. The van der Waals surface area contributed by atoms with Gasteiger partial charge < -0.3 is 9.47 Å². The van der Waals surface area contributed by atoms with Gasteiger partial charge in [0.1, 0.15) is 11.4 Å². The van der Waals surface area contributed by atoms with Crippen LogP contribution in [0.25, 0.3) is 12.2 Å². The number of esters is 1. The normalized spacial score (nSPS) is 14.7. The number of benzene rings is 3. The fraction of sp³-hybridized carbons (Fsp3) is 0.0714. The van der Waals surface area contributed by atoms with E-state index in [0.717, 1.165) is 11.6 Å². The third-order valence-electron chi connectivity index (χ3n) is 5.27. The molecule has 3 aromatic rings.